The Morgan fingerprint density at radius 1 is 1.00 bits per heavy atom. The fourth-order valence-electron chi connectivity index (χ4n) is 3.94. The SMILES string of the molecule is O=C1[C@H](Cc2ccccc2)N2C(=O)CCN[C@H]2CN1Cc1ccc(Cl)c(Cl)c1. The summed E-state index contributed by atoms with van der Waals surface area (Å²) < 4.78 is 0. The Hall–Kier alpha value is -2.08. The maximum Gasteiger partial charge on any atom is 0.246 e. The van der Waals surface area contributed by atoms with Gasteiger partial charge in [-0.25, -0.2) is 0 Å². The van der Waals surface area contributed by atoms with Crippen LogP contribution in [0, 0.1) is 0 Å². The minimum atomic E-state index is -0.510. The highest BCUT2D eigenvalue weighted by atomic mass is 35.5. The zero-order chi connectivity index (χ0) is 19.7. The van der Waals surface area contributed by atoms with Gasteiger partial charge in [0.25, 0.3) is 0 Å². The number of nitrogens with zero attached hydrogens (tertiary/aromatic N) is 2. The number of nitrogens with one attached hydrogen (secondary N) is 1. The summed E-state index contributed by atoms with van der Waals surface area (Å²) in [7, 11) is 0. The van der Waals surface area contributed by atoms with Gasteiger partial charge in [0.2, 0.25) is 11.8 Å². The number of hydrogen-bond acceptors (Lipinski definition) is 3. The molecule has 2 aromatic carbocycles. The maximum absolute atomic E-state index is 13.3. The van der Waals surface area contributed by atoms with Crippen LogP contribution in [0.25, 0.3) is 0 Å². The van der Waals surface area contributed by atoms with Gasteiger partial charge in [-0.1, -0.05) is 59.6 Å². The van der Waals surface area contributed by atoms with Crippen molar-refractivity contribution in [3.8, 4) is 0 Å². The molecule has 0 aliphatic carbocycles. The van der Waals surface area contributed by atoms with Crippen molar-refractivity contribution < 1.29 is 9.59 Å². The topological polar surface area (TPSA) is 52.7 Å². The molecule has 5 nitrogen and oxygen atoms in total. The Bertz CT molecular complexity index is 890. The summed E-state index contributed by atoms with van der Waals surface area (Å²) in [6.45, 7) is 1.52. The Labute approximate surface area is 174 Å². The summed E-state index contributed by atoms with van der Waals surface area (Å²) in [5.41, 5.74) is 1.95. The summed E-state index contributed by atoms with van der Waals surface area (Å²) in [6.07, 6.45) is 0.749. The van der Waals surface area contributed by atoms with E-state index in [1.165, 1.54) is 0 Å². The zero-order valence-corrected chi connectivity index (χ0v) is 16.8. The summed E-state index contributed by atoms with van der Waals surface area (Å²) >= 11 is 12.1. The van der Waals surface area contributed by atoms with Crippen LogP contribution in [-0.4, -0.2) is 46.9 Å². The minimum absolute atomic E-state index is 0.0345. The van der Waals surface area contributed by atoms with Gasteiger partial charge in [-0.2, -0.15) is 0 Å². The zero-order valence-electron chi connectivity index (χ0n) is 15.3. The van der Waals surface area contributed by atoms with Gasteiger partial charge in [0.05, 0.1) is 16.6 Å². The van der Waals surface area contributed by atoms with Gasteiger partial charge >= 0.3 is 0 Å². The molecule has 2 heterocycles. The van der Waals surface area contributed by atoms with E-state index < -0.39 is 6.04 Å². The molecule has 0 radical (unpaired) electrons. The van der Waals surface area contributed by atoms with Crippen molar-refractivity contribution in [2.75, 3.05) is 13.1 Å². The largest absolute Gasteiger partial charge is 0.333 e. The molecule has 0 saturated carbocycles. The molecule has 1 N–H and O–H groups in total. The van der Waals surface area contributed by atoms with Gasteiger partial charge in [0.1, 0.15) is 12.2 Å². The van der Waals surface area contributed by atoms with Gasteiger partial charge in [0, 0.05) is 25.9 Å². The highest BCUT2D eigenvalue weighted by Gasteiger charge is 2.44. The molecule has 4 rings (SSSR count). The number of rotatable bonds is 4. The monoisotopic (exact) mass is 417 g/mol. The lowest BCUT2D eigenvalue weighted by Gasteiger charge is -2.48. The van der Waals surface area contributed by atoms with Crippen LogP contribution in [-0.2, 0) is 22.6 Å². The first-order chi connectivity index (χ1) is 13.5. The highest BCUT2D eigenvalue weighted by molar-refractivity contribution is 6.42. The van der Waals surface area contributed by atoms with Crippen molar-refractivity contribution in [3.63, 3.8) is 0 Å². The van der Waals surface area contributed by atoms with E-state index in [4.69, 9.17) is 23.2 Å². The normalized spacial score (nSPS) is 22.4. The van der Waals surface area contributed by atoms with Crippen LogP contribution in [0.4, 0.5) is 0 Å². The Kier molecular flexibility index (Phi) is 5.58. The summed E-state index contributed by atoms with van der Waals surface area (Å²) in [5.74, 6) is -0.00422. The summed E-state index contributed by atoms with van der Waals surface area (Å²) in [6, 6.07) is 14.7. The number of halogens is 2. The molecule has 2 aliphatic heterocycles. The van der Waals surface area contributed by atoms with Crippen molar-refractivity contribution in [2.45, 2.75) is 31.6 Å². The molecule has 0 unspecified atom stereocenters. The van der Waals surface area contributed by atoms with Crippen molar-refractivity contribution in [1.29, 1.82) is 0 Å². The Morgan fingerprint density at radius 2 is 1.79 bits per heavy atom. The van der Waals surface area contributed by atoms with Crippen LogP contribution in [0.2, 0.25) is 10.0 Å². The lowest BCUT2D eigenvalue weighted by Crippen LogP contribution is -2.70. The second-order valence-corrected chi connectivity index (χ2v) is 8.01. The van der Waals surface area contributed by atoms with Crippen LogP contribution >= 0.6 is 23.2 Å². The predicted molar refractivity (Wildman–Crippen MR) is 109 cm³/mol. The molecule has 2 amide bonds. The average molecular weight is 418 g/mol. The molecule has 2 fully saturated rings. The Balaban J connectivity index is 1.61. The molecule has 2 aliphatic rings. The van der Waals surface area contributed by atoms with Crippen molar-refractivity contribution in [1.82, 2.24) is 15.1 Å². The van der Waals surface area contributed by atoms with Crippen LogP contribution in [0.5, 0.6) is 0 Å². The number of carbonyl (C=O) groups is 2. The number of hydrogen-bond donors (Lipinski definition) is 1. The van der Waals surface area contributed by atoms with Gasteiger partial charge in [0.15, 0.2) is 0 Å². The lowest BCUT2D eigenvalue weighted by molar-refractivity contribution is -0.160. The second-order valence-electron chi connectivity index (χ2n) is 7.19. The number of amides is 2. The standard InChI is InChI=1S/C21H21Cl2N3O2/c22-16-7-6-15(10-17(16)23)12-25-13-19-24-9-8-20(27)26(19)18(21(25)28)11-14-4-2-1-3-5-14/h1-7,10,18-19,24H,8-9,11-13H2/t18-,19+/m0/s1. The van der Waals surface area contributed by atoms with E-state index >= 15 is 0 Å². The third kappa shape index (κ3) is 3.88. The lowest BCUT2D eigenvalue weighted by atomic mass is 9.98. The van der Waals surface area contributed by atoms with Crippen LogP contribution in [0.15, 0.2) is 48.5 Å². The summed E-state index contributed by atoms with van der Waals surface area (Å²) in [4.78, 5) is 29.5. The van der Waals surface area contributed by atoms with E-state index in [1.807, 2.05) is 36.4 Å². The third-order valence-electron chi connectivity index (χ3n) is 5.30. The Morgan fingerprint density at radius 3 is 2.54 bits per heavy atom. The van der Waals surface area contributed by atoms with E-state index in [2.05, 4.69) is 5.32 Å². The van der Waals surface area contributed by atoms with Crippen molar-refractivity contribution in [3.05, 3.63) is 69.7 Å². The minimum Gasteiger partial charge on any atom is -0.333 e. The molecule has 2 saturated heterocycles. The predicted octanol–water partition coefficient (Wildman–Crippen LogP) is 3.09. The van der Waals surface area contributed by atoms with Gasteiger partial charge in [-0.15, -0.1) is 0 Å². The summed E-state index contributed by atoms with van der Waals surface area (Å²) in [5, 5.41) is 4.35. The number of fused-ring (bicyclic) bond motifs is 1. The molecule has 7 heteroatoms. The molecular weight excluding hydrogens is 397 g/mol. The first kappa shape index (κ1) is 19.2. The first-order valence-electron chi connectivity index (χ1n) is 9.34. The second kappa shape index (κ2) is 8.11. The molecule has 0 aromatic heterocycles. The number of carbonyl (C=O) groups excluding carboxylic acids is 2. The molecule has 0 bridgehead atoms. The average Bonchev–Trinajstić information content (AvgIpc) is 2.69. The van der Waals surface area contributed by atoms with E-state index in [-0.39, 0.29) is 18.0 Å². The number of benzene rings is 2. The molecule has 2 aromatic rings. The maximum atomic E-state index is 13.3. The molecule has 2 atom stereocenters. The van der Waals surface area contributed by atoms with E-state index in [9.17, 15) is 9.59 Å². The van der Waals surface area contributed by atoms with E-state index in [0.717, 1.165) is 11.1 Å². The van der Waals surface area contributed by atoms with E-state index in [0.29, 0.717) is 42.5 Å². The van der Waals surface area contributed by atoms with Crippen LogP contribution < -0.4 is 5.32 Å². The molecule has 0 spiro atoms. The van der Waals surface area contributed by atoms with E-state index in [1.54, 1.807) is 21.9 Å². The quantitative estimate of drug-likeness (QED) is 0.831. The van der Waals surface area contributed by atoms with Gasteiger partial charge in [-0.3, -0.25) is 14.9 Å². The van der Waals surface area contributed by atoms with Crippen molar-refractivity contribution in [2.24, 2.45) is 0 Å². The van der Waals surface area contributed by atoms with Gasteiger partial charge < -0.3 is 9.80 Å². The van der Waals surface area contributed by atoms with Crippen molar-refractivity contribution >= 4 is 35.0 Å². The highest BCUT2D eigenvalue weighted by Crippen LogP contribution is 2.27. The fraction of sp³-hybridized carbons (Fsp3) is 0.333. The van der Waals surface area contributed by atoms with Gasteiger partial charge in [-0.05, 0) is 23.3 Å². The third-order valence-corrected chi connectivity index (χ3v) is 6.04. The smallest absolute Gasteiger partial charge is 0.246 e. The number of piperazine rings is 1. The molecular formula is C21H21Cl2N3O2. The first-order valence-corrected chi connectivity index (χ1v) is 10.1. The fourth-order valence-corrected chi connectivity index (χ4v) is 4.26. The molecule has 28 heavy (non-hydrogen) atoms. The van der Waals surface area contributed by atoms with Crippen LogP contribution in [0.3, 0.4) is 0 Å². The molecule has 146 valence electrons. The van der Waals surface area contributed by atoms with Crippen LogP contribution in [0.1, 0.15) is 17.5 Å².